The molecule has 0 radical (unpaired) electrons. The summed E-state index contributed by atoms with van der Waals surface area (Å²) in [6, 6.07) is 23.8. The Morgan fingerprint density at radius 1 is 0.894 bits per heavy atom. The van der Waals surface area contributed by atoms with Gasteiger partial charge in [-0.3, -0.25) is 9.59 Å². The first-order valence-electron chi connectivity index (χ1n) is 14.5. The number of furan rings is 1. The third-order valence-electron chi connectivity index (χ3n) is 6.95. The molecule has 47 heavy (non-hydrogen) atoms. The summed E-state index contributed by atoms with van der Waals surface area (Å²) in [5, 5.41) is 6.56. The normalized spacial score (nSPS) is 10.9. The number of nitrogens with one attached hydrogen (secondary N) is 2. The number of carbonyl (C=O) groups is 2. The van der Waals surface area contributed by atoms with Crippen LogP contribution in [-0.2, 0) is 11.4 Å². The lowest BCUT2D eigenvalue weighted by Crippen LogP contribution is -2.20. The van der Waals surface area contributed by atoms with Crippen LogP contribution in [-0.4, -0.2) is 43.4 Å². The highest BCUT2D eigenvalue weighted by Crippen LogP contribution is 2.38. The number of aryl methyl sites for hydroxylation is 2. The van der Waals surface area contributed by atoms with Gasteiger partial charge in [0.1, 0.15) is 23.9 Å². The number of anilines is 1. The van der Waals surface area contributed by atoms with Gasteiger partial charge in [0.05, 0.1) is 20.4 Å². The zero-order chi connectivity index (χ0) is 33.3. The maximum atomic E-state index is 13.4. The molecule has 5 rings (SSSR count). The van der Waals surface area contributed by atoms with Gasteiger partial charge in [-0.25, -0.2) is 9.82 Å². The van der Waals surface area contributed by atoms with Crippen LogP contribution < -0.4 is 29.7 Å². The van der Waals surface area contributed by atoms with E-state index in [1.54, 1.807) is 24.3 Å². The molecule has 0 spiro atoms. The number of amides is 2. The van der Waals surface area contributed by atoms with E-state index in [1.807, 2.05) is 24.3 Å². The Morgan fingerprint density at radius 2 is 1.60 bits per heavy atom. The van der Waals surface area contributed by atoms with Gasteiger partial charge in [-0.2, -0.15) is 5.10 Å². The lowest BCUT2D eigenvalue weighted by molar-refractivity contribution is -0.118. The largest absolute Gasteiger partial charge is 0.493 e. The van der Waals surface area contributed by atoms with Crippen LogP contribution in [0.4, 0.5) is 10.1 Å². The van der Waals surface area contributed by atoms with E-state index in [4.69, 9.17) is 23.4 Å². The lowest BCUT2D eigenvalue weighted by atomic mass is 10.2. The predicted octanol–water partition coefficient (Wildman–Crippen LogP) is 6.20. The average Bonchev–Trinajstić information content (AvgIpc) is 3.68. The number of aromatic nitrogens is 1. The maximum Gasteiger partial charge on any atom is 0.307 e. The van der Waals surface area contributed by atoms with Gasteiger partial charge in [0.2, 0.25) is 5.75 Å². The number of ether oxygens (including phenoxy) is 4. The summed E-state index contributed by atoms with van der Waals surface area (Å²) in [6.45, 7) is 3.86. The van der Waals surface area contributed by atoms with Crippen LogP contribution in [0.3, 0.4) is 0 Å². The highest BCUT2D eigenvalue weighted by molar-refractivity contribution is 5.93. The van der Waals surface area contributed by atoms with Gasteiger partial charge in [-0.1, -0.05) is 6.07 Å². The molecule has 0 saturated heterocycles. The molecule has 2 N–H and O–H groups in total. The molecule has 0 saturated carbocycles. The fourth-order valence-corrected chi connectivity index (χ4v) is 4.74. The van der Waals surface area contributed by atoms with Crippen LogP contribution in [0, 0.1) is 19.7 Å². The van der Waals surface area contributed by atoms with Gasteiger partial charge >= 0.3 is 5.91 Å². The topological polar surface area (TPSA) is 126 Å². The molecule has 11 nitrogen and oxygen atoms in total. The van der Waals surface area contributed by atoms with Crippen molar-refractivity contribution in [1.82, 2.24) is 9.99 Å². The summed E-state index contributed by atoms with van der Waals surface area (Å²) in [5.41, 5.74) is 6.56. The smallest absolute Gasteiger partial charge is 0.307 e. The zero-order valence-electron chi connectivity index (χ0n) is 26.2. The maximum absolute atomic E-state index is 13.4. The van der Waals surface area contributed by atoms with Crippen molar-refractivity contribution in [1.29, 1.82) is 0 Å². The van der Waals surface area contributed by atoms with Gasteiger partial charge in [-0.05, 0) is 92.7 Å². The molecule has 0 aliphatic carbocycles. The Balaban J connectivity index is 1.14. The number of halogens is 1. The summed E-state index contributed by atoms with van der Waals surface area (Å²) in [4.78, 5) is 25.0. The third-order valence-corrected chi connectivity index (χ3v) is 6.95. The quantitative estimate of drug-likeness (QED) is 0.116. The van der Waals surface area contributed by atoms with E-state index in [0.29, 0.717) is 22.8 Å². The van der Waals surface area contributed by atoms with Crippen molar-refractivity contribution in [2.75, 3.05) is 26.1 Å². The van der Waals surface area contributed by atoms with E-state index in [9.17, 15) is 14.0 Å². The number of rotatable bonds is 13. The first kappa shape index (κ1) is 32.4. The minimum absolute atomic E-state index is 0.0603. The molecular weight excluding hydrogens is 607 g/mol. The van der Waals surface area contributed by atoms with Crippen LogP contribution in [0.2, 0.25) is 0 Å². The first-order chi connectivity index (χ1) is 22.7. The van der Waals surface area contributed by atoms with E-state index < -0.39 is 17.6 Å². The minimum atomic E-state index is -0.558. The third kappa shape index (κ3) is 8.17. The Bertz CT molecular complexity index is 1850. The van der Waals surface area contributed by atoms with E-state index in [2.05, 4.69) is 46.4 Å². The second kappa shape index (κ2) is 14.8. The van der Waals surface area contributed by atoms with Gasteiger partial charge in [0, 0.05) is 28.3 Å². The van der Waals surface area contributed by atoms with Gasteiger partial charge < -0.3 is 33.2 Å². The summed E-state index contributed by atoms with van der Waals surface area (Å²) >= 11 is 0. The number of carbonyl (C=O) groups excluding carboxylic acids is 2. The van der Waals surface area contributed by atoms with Crippen molar-refractivity contribution in [3.63, 3.8) is 0 Å². The molecule has 2 amide bonds. The van der Waals surface area contributed by atoms with Crippen LogP contribution in [0.15, 0.2) is 94.4 Å². The first-order valence-corrected chi connectivity index (χ1v) is 14.5. The number of hydrogen-bond donors (Lipinski definition) is 2. The molecule has 0 unspecified atom stereocenters. The molecular formula is C35H33FN4O7. The Morgan fingerprint density at radius 3 is 2.26 bits per heavy atom. The Hall–Kier alpha value is -6.04. The lowest BCUT2D eigenvalue weighted by Gasteiger charge is -2.15. The molecule has 242 valence electrons. The van der Waals surface area contributed by atoms with Crippen molar-refractivity contribution in [3.05, 3.63) is 119 Å². The van der Waals surface area contributed by atoms with Crippen molar-refractivity contribution in [3.8, 4) is 28.7 Å². The average molecular weight is 641 g/mol. The molecule has 0 atom stereocenters. The molecule has 0 bridgehead atoms. The van der Waals surface area contributed by atoms with E-state index in [-0.39, 0.29) is 36.2 Å². The molecule has 0 aliphatic rings. The number of hydrogen-bond acceptors (Lipinski definition) is 8. The Labute approximate surface area is 270 Å². The van der Waals surface area contributed by atoms with Gasteiger partial charge in [0.25, 0.3) is 5.91 Å². The van der Waals surface area contributed by atoms with Crippen LogP contribution in [0.5, 0.6) is 23.0 Å². The highest BCUT2D eigenvalue weighted by atomic mass is 19.1. The standard InChI is InChI=1S/C35H33FN4O7/c1-22-8-9-23(2)40(22)27-10-12-28(13-11-27)45-20-29-14-15-30(47-29)35(42)39-37-19-24-16-31(43-3)34(32(17-24)44-4)46-21-33(41)38-26-7-5-6-25(36)18-26/h5-19H,20-21H2,1-4H3,(H,38,41)(H,39,42)/b37-19+. The van der Waals surface area contributed by atoms with Crippen LogP contribution >= 0.6 is 0 Å². The summed E-state index contributed by atoms with van der Waals surface area (Å²) in [6.07, 6.45) is 1.39. The molecule has 2 aromatic heterocycles. The van der Waals surface area contributed by atoms with Crippen LogP contribution in [0.1, 0.15) is 33.3 Å². The van der Waals surface area contributed by atoms with E-state index >= 15 is 0 Å². The number of hydrazone groups is 1. The monoisotopic (exact) mass is 640 g/mol. The fraction of sp³-hybridized carbons (Fsp3) is 0.171. The molecule has 2 heterocycles. The van der Waals surface area contributed by atoms with E-state index in [0.717, 1.165) is 17.1 Å². The molecule has 0 aliphatic heterocycles. The van der Waals surface area contributed by atoms with Crippen molar-refractivity contribution >= 4 is 23.7 Å². The van der Waals surface area contributed by atoms with Gasteiger partial charge in [-0.15, -0.1) is 0 Å². The van der Waals surface area contributed by atoms with Crippen LogP contribution in [0.25, 0.3) is 5.69 Å². The number of benzene rings is 3. The Kier molecular flexibility index (Phi) is 10.2. The highest BCUT2D eigenvalue weighted by Gasteiger charge is 2.16. The van der Waals surface area contributed by atoms with Crippen molar-refractivity contribution in [2.24, 2.45) is 5.10 Å². The fourth-order valence-electron chi connectivity index (χ4n) is 4.74. The van der Waals surface area contributed by atoms with E-state index in [1.165, 1.54) is 44.7 Å². The molecule has 3 aromatic carbocycles. The van der Waals surface area contributed by atoms with Crippen molar-refractivity contribution < 1.29 is 37.3 Å². The number of nitrogens with zero attached hydrogens (tertiary/aromatic N) is 2. The summed E-state index contributed by atoms with van der Waals surface area (Å²) in [7, 11) is 2.85. The SMILES string of the molecule is COc1cc(/C=N/NC(=O)c2ccc(COc3ccc(-n4c(C)ccc4C)cc3)o2)cc(OC)c1OCC(=O)Nc1cccc(F)c1. The minimum Gasteiger partial charge on any atom is -0.493 e. The summed E-state index contributed by atoms with van der Waals surface area (Å²) < 4.78 is 43.5. The molecule has 0 fully saturated rings. The molecule has 12 heteroatoms. The second-order valence-electron chi connectivity index (χ2n) is 10.3. The van der Waals surface area contributed by atoms with Crippen molar-refractivity contribution in [2.45, 2.75) is 20.5 Å². The predicted molar refractivity (Wildman–Crippen MR) is 173 cm³/mol. The second-order valence-corrected chi connectivity index (χ2v) is 10.3. The zero-order valence-corrected chi connectivity index (χ0v) is 26.2. The molecule has 5 aromatic rings. The van der Waals surface area contributed by atoms with Gasteiger partial charge in [0.15, 0.2) is 23.9 Å². The number of methoxy groups -OCH3 is 2. The summed E-state index contributed by atoms with van der Waals surface area (Å²) in [5.74, 6) is 0.351.